The van der Waals surface area contributed by atoms with Crippen molar-refractivity contribution in [3.8, 4) is 33.4 Å². The average Bonchev–Trinajstić information content (AvgIpc) is 3.91. The lowest BCUT2D eigenvalue weighted by Crippen LogP contribution is -2.15. The first-order valence-corrected chi connectivity index (χ1v) is 19.3. The van der Waals surface area contributed by atoms with E-state index in [9.17, 15) is 0 Å². The molecule has 0 saturated heterocycles. The summed E-state index contributed by atoms with van der Waals surface area (Å²) in [5.74, 6) is 1.63. The van der Waals surface area contributed by atoms with Crippen molar-refractivity contribution in [2.75, 3.05) is 4.90 Å². The first-order chi connectivity index (χ1) is 27.3. The van der Waals surface area contributed by atoms with Gasteiger partial charge in [0.1, 0.15) is 5.01 Å². The molecule has 0 fully saturated rings. The van der Waals surface area contributed by atoms with E-state index in [1.807, 2.05) is 18.2 Å². The Morgan fingerprint density at radius 3 is 1.65 bits per heavy atom. The van der Waals surface area contributed by atoms with Crippen LogP contribution in [-0.2, 0) is 0 Å². The van der Waals surface area contributed by atoms with Gasteiger partial charge in [0.25, 0.3) is 0 Å². The molecule has 8 aromatic carbocycles. The number of hydrogen-bond acceptors (Lipinski definition) is 4. The SMILES string of the molecule is c1ccc(N2c3ccccc3Oc3cc4nc(-c5ccc(-n6c7ccccc7c7cc8c(cc76)c6ccccc6n8-c6ccccc6)cc5)sc4cc32)cc1. The summed E-state index contributed by atoms with van der Waals surface area (Å²) in [5.41, 5.74) is 12.2. The Bertz CT molecular complexity index is 3290. The van der Waals surface area contributed by atoms with Gasteiger partial charge in [-0.15, -0.1) is 11.3 Å². The van der Waals surface area contributed by atoms with E-state index in [0.717, 1.165) is 60.7 Å². The molecule has 0 radical (unpaired) electrons. The molecule has 0 aliphatic carbocycles. The number of rotatable bonds is 4. The summed E-state index contributed by atoms with van der Waals surface area (Å²) in [6.07, 6.45) is 0. The van der Waals surface area contributed by atoms with Gasteiger partial charge < -0.3 is 18.8 Å². The number of nitrogens with zero attached hydrogens (tertiary/aromatic N) is 4. The molecule has 0 saturated carbocycles. The molecular formula is C49H30N4OS. The molecule has 5 nitrogen and oxygen atoms in total. The Balaban J connectivity index is 0.983. The van der Waals surface area contributed by atoms with Crippen LogP contribution in [0.2, 0.25) is 0 Å². The molecule has 6 heteroatoms. The molecule has 0 N–H and O–H groups in total. The van der Waals surface area contributed by atoms with E-state index < -0.39 is 0 Å². The van der Waals surface area contributed by atoms with E-state index >= 15 is 0 Å². The minimum atomic E-state index is 0.801. The highest BCUT2D eigenvalue weighted by Gasteiger charge is 2.27. The van der Waals surface area contributed by atoms with Crippen molar-refractivity contribution in [2.45, 2.75) is 0 Å². The molecule has 0 unspecified atom stereocenters. The van der Waals surface area contributed by atoms with E-state index in [0.29, 0.717) is 0 Å². The van der Waals surface area contributed by atoms with E-state index in [4.69, 9.17) is 9.72 Å². The fourth-order valence-corrected chi connectivity index (χ4v) is 9.46. The molecule has 11 aromatic rings. The number of thiazole rings is 1. The summed E-state index contributed by atoms with van der Waals surface area (Å²) >= 11 is 1.71. The lowest BCUT2D eigenvalue weighted by molar-refractivity contribution is 0.477. The Hall–Kier alpha value is -7.15. The standard InChI is InChI=1S/C49H30N4OS/c1-3-13-32(14-4-1)51-40-19-9-7-17-35(40)37-28-44-38(27-43(37)51)36-18-8-10-20-41(36)52(44)34-25-23-31(24-26-34)49-50-39-29-47-45(30-48(39)55-49)53(33-15-5-2-6-16-33)42-21-11-12-22-46(42)54-47/h1-30H. The lowest BCUT2D eigenvalue weighted by Gasteiger charge is -2.32. The molecule has 1 aliphatic rings. The van der Waals surface area contributed by atoms with Crippen molar-refractivity contribution in [2.24, 2.45) is 0 Å². The molecule has 12 rings (SSSR count). The van der Waals surface area contributed by atoms with Crippen LogP contribution in [-0.4, -0.2) is 14.1 Å². The highest BCUT2D eigenvalue weighted by atomic mass is 32.1. The number of fused-ring (bicyclic) bond motifs is 9. The Morgan fingerprint density at radius 2 is 0.982 bits per heavy atom. The van der Waals surface area contributed by atoms with Gasteiger partial charge in [0, 0.05) is 50.2 Å². The summed E-state index contributed by atoms with van der Waals surface area (Å²) < 4.78 is 12.4. The number of para-hydroxylation sites is 6. The van der Waals surface area contributed by atoms with Crippen LogP contribution in [0.5, 0.6) is 11.5 Å². The average molecular weight is 723 g/mol. The first-order valence-electron chi connectivity index (χ1n) is 18.5. The van der Waals surface area contributed by atoms with Crippen LogP contribution in [0.4, 0.5) is 17.1 Å². The van der Waals surface area contributed by atoms with Crippen molar-refractivity contribution in [1.29, 1.82) is 0 Å². The van der Waals surface area contributed by atoms with Gasteiger partial charge in [0.05, 0.1) is 43.7 Å². The van der Waals surface area contributed by atoms with Crippen LogP contribution < -0.4 is 9.64 Å². The second-order valence-electron chi connectivity index (χ2n) is 14.0. The summed E-state index contributed by atoms with van der Waals surface area (Å²) in [5, 5.41) is 5.93. The summed E-state index contributed by atoms with van der Waals surface area (Å²) in [6, 6.07) is 64.7. The van der Waals surface area contributed by atoms with Crippen molar-refractivity contribution < 1.29 is 4.74 Å². The van der Waals surface area contributed by atoms with Gasteiger partial charge in [-0.05, 0) is 91.0 Å². The number of ether oxygens (including phenoxy) is 1. The van der Waals surface area contributed by atoms with Crippen LogP contribution in [0.25, 0.3) is 75.8 Å². The van der Waals surface area contributed by atoms with Gasteiger partial charge in [0.2, 0.25) is 0 Å². The highest BCUT2D eigenvalue weighted by molar-refractivity contribution is 7.21. The number of aromatic nitrogens is 3. The minimum absolute atomic E-state index is 0.801. The van der Waals surface area contributed by atoms with Crippen molar-refractivity contribution in [3.05, 3.63) is 182 Å². The van der Waals surface area contributed by atoms with Crippen LogP contribution in [0.3, 0.4) is 0 Å². The Kier molecular flexibility index (Phi) is 6.44. The molecule has 4 heterocycles. The zero-order valence-electron chi connectivity index (χ0n) is 29.4. The second kappa shape index (κ2) is 11.7. The van der Waals surface area contributed by atoms with Crippen LogP contribution in [0.15, 0.2) is 182 Å². The van der Waals surface area contributed by atoms with E-state index in [1.165, 1.54) is 43.6 Å². The zero-order valence-corrected chi connectivity index (χ0v) is 30.2. The lowest BCUT2D eigenvalue weighted by atomic mass is 10.1. The van der Waals surface area contributed by atoms with Crippen molar-refractivity contribution in [3.63, 3.8) is 0 Å². The molecule has 0 atom stereocenters. The van der Waals surface area contributed by atoms with Gasteiger partial charge in [-0.2, -0.15) is 0 Å². The minimum Gasteiger partial charge on any atom is -0.453 e. The molecule has 0 bridgehead atoms. The summed E-state index contributed by atoms with van der Waals surface area (Å²) in [4.78, 5) is 7.42. The Morgan fingerprint density at radius 1 is 0.418 bits per heavy atom. The van der Waals surface area contributed by atoms with Gasteiger partial charge in [-0.25, -0.2) is 4.98 Å². The maximum absolute atomic E-state index is 6.47. The van der Waals surface area contributed by atoms with Crippen LogP contribution >= 0.6 is 11.3 Å². The van der Waals surface area contributed by atoms with E-state index in [1.54, 1.807) is 11.3 Å². The number of anilines is 3. The smallest absolute Gasteiger partial charge is 0.153 e. The molecule has 0 spiro atoms. The summed E-state index contributed by atoms with van der Waals surface area (Å²) in [6.45, 7) is 0. The first kappa shape index (κ1) is 30.3. The molecular weight excluding hydrogens is 693 g/mol. The maximum Gasteiger partial charge on any atom is 0.153 e. The fraction of sp³-hybridized carbons (Fsp3) is 0. The normalized spacial score (nSPS) is 12.5. The Labute approximate surface area is 320 Å². The quantitative estimate of drug-likeness (QED) is 0.181. The van der Waals surface area contributed by atoms with E-state index in [-0.39, 0.29) is 0 Å². The predicted octanol–water partition coefficient (Wildman–Crippen LogP) is 13.7. The largest absolute Gasteiger partial charge is 0.453 e. The van der Waals surface area contributed by atoms with E-state index in [2.05, 4.69) is 178 Å². The number of benzene rings is 8. The van der Waals surface area contributed by atoms with Gasteiger partial charge >= 0.3 is 0 Å². The van der Waals surface area contributed by atoms with Gasteiger partial charge in [0.15, 0.2) is 11.5 Å². The van der Waals surface area contributed by atoms with Crippen LogP contribution in [0, 0.1) is 0 Å². The third kappa shape index (κ3) is 4.55. The zero-order chi connectivity index (χ0) is 36.0. The van der Waals surface area contributed by atoms with Gasteiger partial charge in [-0.3, -0.25) is 0 Å². The van der Waals surface area contributed by atoms with Gasteiger partial charge in [-0.1, -0.05) is 84.9 Å². The predicted molar refractivity (Wildman–Crippen MR) is 228 cm³/mol. The topological polar surface area (TPSA) is 35.2 Å². The molecule has 0 amide bonds. The molecule has 1 aliphatic heterocycles. The third-order valence-corrected chi connectivity index (χ3v) is 12.0. The van der Waals surface area contributed by atoms with Crippen molar-refractivity contribution >= 4 is 82.2 Å². The third-order valence-electron chi connectivity index (χ3n) is 10.9. The summed E-state index contributed by atoms with van der Waals surface area (Å²) in [7, 11) is 0. The highest BCUT2D eigenvalue weighted by Crippen LogP contribution is 2.52. The van der Waals surface area contributed by atoms with Crippen molar-refractivity contribution in [1.82, 2.24) is 14.1 Å². The molecule has 55 heavy (non-hydrogen) atoms. The molecule has 258 valence electrons. The number of hydrogen-bond donors (Lipinski definition) is 0. The van der Waals surface area contributed by atoms with Crippen LogP contribution in [0.1, 0.15) is 0 Å². The molecule has 3 aromatic heterocycles. The maximum atomic E-state index is 6.47. The fourth-order valence-electron chi connectivity index (χ4n) is 8.47. The second-order valence-corrected chi connectivity index (χ2v) is 15.1. The monoisotopic (exact) mass is 722 g/mol.